The van der Waals surface area contributed by atoms with Gasteiger partial charge in [-0.3, -0.25) is 4.79 Å². The Morgan fingerprint density at radius 2 is 2.00 bits per heavy atom. The molecule has 15 heavy (non-hydrogen) atoms. The molecule has 2 rings (SSSR count). The number of carbonyl (C=O) groups excluding carboxylic acids is 2. The van der Waals surface area contributed by atoms with Gasteiger partial charge in [0.05, 0.1) is 12.2 Å². The number of hydrogen-bond donors (Lipinski definition) is 1. The number of hydrogen-bond acceptors (Lipinski definition) is 2. The molecule has 0 spiro atoms. The van der Waals surface area contributed by atoms with Crippen molar-refractivity contribution in [3.63, 3.8) is 0 Å². The number of aryl methyl sites for hydroxylation is 2. The molecule has 4 heteroatoms. The number of nitrogens with one attached hydrogen (secondary N) is 1. The van der Waals surface area contributed by atoms with E-state index in [1.165, 1.54) is 4.90 Å². The van der Waals surface area contributed by atoms with Crippen LogP contribution in [0, 0.1) is 13.8 Å². The van der Waals surface area contributed by atoms with Gasteiger partial charge in [0, 0.05) is 0 Å². The molecule has 0 saturated carbocycles. The predicted octanol–water partition coefficient (Wildman–Crippen LogP) is 1.36. The zero-order valence-electron chi connectivity index (χ0n) is 8.70. The van der Waals surface area contributed by atoms with E-state index in [9.17, 15) is 9.59 Å². The third-order valence-corrected chi connectivity index (χ3v) is 2.45. The van der Waals surface area contributed by atoms with Crippen molar-refractivity contribution < 1.29 is 9.59 Å². The molecule has 0 radical (unpaired) electrons. The second-order valence-corrected chi connectivity index (χ2v) is 3.68. The van der Waals surface area contributed by atoms with E-state index in [0.29, 0.717) is 5.69 Å². The van der Waals surface area contributed by atoms with Gasteiger partial charge in [0.25, 0.3) is 5.91 Å². The quantitative estimate of drug-likeness (QED) is 0.702. The summed E-state index contributed by atoms with van der Waals surface area (Å²) >= 11 is 0. The van der Waals surface area contributed by atoms with E-state index < -0.39 is 0 Å². The Labute approximate surface area is 87.9 Å². The van der Waals surface area contributed by atoms with E-state index in [4.69, 9.17) is 0 Å². The summed E-state index contributed by atoms with van der Waals surface area (Å²) in [5.74, 6) is -0.200. The maximum atomic E-state index is 11.5. The molecule has 0 atom stereocenters. The molecule has 0 bridgehead atoms. The van der Waals surface area contributed by atoms with Crippen molar-refractivity contribution >= 4 is 17.6 Å². The van der Waals surface area contributed by atoms with E-state index in [2.05, 4.69) is 5.32 Å². The van der Waals surface area contributed by atoms with Crippen molar-refractivity contribution in [3.05, 3.63) is 29.3 Å². The van der Waals surface area contributed by atoms with Crippen LogP contribution in [0.3, 0.4) is 0 Å². The summed E-state index contributed by atoms with van der Waals surface area (Å²) in [5, 5.41) is 2.50. The summed E-state index contributed by atoms with van der Waals surface area (Å²) in [6.45, 7) is 3.90. The number of benzene rings is 1. The van der Waals surface area contributed by atoms with Gasteiger partial charge < -0.3 is 5.32 Å². The highest BCUT2D eigenvalue weighted by atomic mass is 16.2. The molecule has 1 aromatic rings. The highest BCUT2D eigenvalue weighted by molar-refractivity contribution is 6.20. The van der Waals surface area contributed by atoms with Gasteiger partial charge in [0.1, 0.15) is 0 Å². The van der Waals surface area contributed by atoms with Gasteiger partial charge in [-0.15, -0.1) is 0 Å². The van der Waals surface area contributed by atoms with Crippen LogP contribution in [0.15, 0.2) is 18.2 Å². The lowest BCUT2D eigenvalue weighted by Crippen LogP contribution is -2.31. The molecule has 78 valence electrons. The summed E-state index contributed by atoms with van der Waals surface area (Å²) < 4.78 is 0. The first-order valence-electron chi connectivity index (χ1n) is 4.77. The number of imide groups is 1. The molecule has 1 fully saturated rings. The second kappa shape index (κ2) is 3.38. The summed E-state index contributed by atoms with van der Waals surface area (Å²) in [6, 6.07) is 5.37. The SMILES string of the molecule is Cc1ccc(C)c(N2C(=O)CNC2=O)c1. The van der Waals surface area contributed by atoms with Gasteiger partial charge in [0.2, 0.25) is 0 Å². The van der Waals surface area contributed by atoms with Crippen LogP contribution in [-0.4, -0.2) is 18.5 Å². The average Bonchev–Trinajstić information content (AvgIpc) is 2.51. The third kappa shape index (κ3) is 1.58. The van der Waals surface area contributed by atoms with Crippen LogP contribution in [0.2, 0.25) is 0 Å². The van der Waals surface area contributed by atoms with Gasteiger partial charge in [-0.2, -0.15) is 0 Å². The summed E-state index contributed by atoms with van der Waals surface area (Å²) in [7, 11) is 0. The lowest BCUT2D eigenvalue weighted by molar-refractivity contribution is -0.115. The molecule has 0 aliphatic carbocycles. The molecule has 1 aliphatic rings. The van der Waals surface area contributed by atoms with Gasteiger partial charge in [0.15, 0.2) is 0 Å². The molecule has 1 saturated heterocycles. The predicted molar refractivity (Wildman–Crippen MR) is 56.8 cm³/mol. The maximum Gasteiger partial charge on any atom is 0.329 e. The Hall–Kier alpha value is -1.84. The van der Waals surface area contributed by atoms with Gasteiger partial charge in [-0.1, -0.05) is 12.1 Å². The highest BCUT2D eigenvalue weighted by Gasteiger charge is 2.30. The number of nitrogens with zero attached hydrogens (tertiary/aromatic N) is 1. The monoisotopic (exact) mass is 204 g/mol. The van der Waals surface area contributed by atoms with Crippen LogP contribution in [0.5, 0.6) is 0 Å². The number of urea groups is 1. The Kier molecular flexibility index (Phi) is 2.19. The summed E-state index contributed by atoms with van der Waals surface area (Å²) in [5.41, 5.74) is 2.63. The zero-order chi connectivity index (χ0) is 11.0. The van der Waals surface area contributed by atoms with Crippen LogP contribution in [-0.2, 0) is 4.79 Å². The van der Waals surface area contributed by atoms with Crippen molar-refractivity contribution in [2.24, 2.45) is 0 Å². The first-order valence-corrected chi connectivity index (χ1v) is 4.77. The number of amides is 3. The Bertz CT molecular complexity index is 424. The van der Waals surface area contributed by atoms with Crippen molar-refractivity contribution in [3.8, 4) is 0 Å². The minimum Gasteiger partial charge on any atom is -0.328 e. The van der Waals surface area contributed by atoms with Crippen LogP contribution >= 0.6 is 0 Å². The number of carbonyl (C=O) groups is 2. The largest absolute Gasteiger partial charge is 0.329 e. The fraction of sp³-hybridized carbons (Fsp3) is 0.273. The van der Waals surface area contributed by atoms with Gasteiger partial charge in [-0.25, -0.2) is 9.69 Å². The fourth-order valence-electron chi connectivity index (χ4n) is 1.63. The first kappa shape index (κ1) is 9.71. The molecule has 0 aromatic heterocycles. The fourth-order valence-corrected chi connectivity index (χ4v) is 1.63. The molecular formula is C11H12N2O2. The van der Waals surface area contributed by atoms with E-state index in [1.807, 2.05) is 32.0 Å². The van der Waals surface area contributed by atoms with Crippen LogP contribution < -0.4 is 10.2 Å². The average molecular weight is 204 g/mol. The Balaban J connectivity index is 2.48. The Morgan fingerprint density at radius 3 is 2.60 bits per heavy atom. The molecule has 4 nitrogen and oxygen atoms in total. The minimum absolute atomic E-state index is 0.0895. The van der Waals surface area contributed by atoms with E-state index >= 15 is 0 Å². The van der Waals surface area contributed by atoms with Crippen molar-refractivity contribution in [1.82, 2.24) is 5.32 Å². The van der Waals surface area contributed by atoms with Crippen molar-refractivity contribution in [2.75, 3.05) is 11.4 Å². The minimum atomic E-state index is -0.339. The van der Waals surface area contributed by atoms with Gasteiger partial charge in [-0.05, 0) is 31.0 Å². The smallest absolute Gasteiger partial charge is 0.328 e. The van der Waals surface area contributed by atoms with Gasteiger partial charge >= 0.3 is 6.03 Å². The topological polar surface area (TPSA) is 49.4 Å². The molecule has 1 N–H and O–H groups in total. The van der Waals surface area contributed by atoms with E-state index in [0.717, 1.165) is 11.1 Å². The lowest BCUT2D eigenvalue weighted by atomic mass is 10.1. The normalized spacial score (nSPS) is 15.7. The summed E-state index contributed by atoms with van der Waals surface area (Å²) in [4.78, 5) is 24.1. The molecule has 1 aliphatic heterocycles. The molecule has 1 aromatic carbocycles. The highest BCUT2D eigenvalue weighted by Crippen LogP contribution is 2.23. The summed E-state index contributed by atoms with van der Waals surface area (Å²) in [6.07, 6.45) is 0. The molecular weight excluding hydrogens is 192 g/mol. The Morgan fingerprint density at radius 1 is 1.27 bits per heavy atom. The molecule has 1 heterocycles. The third-order valence-electron chi connectivity index (χ3n) is 2.45. The lowest BCUT2D eigenvalue weighted by Gasteiger charge is -2.15. The number of rotatable bonds is 1. The molecule has 0 unspecified atom stereocenters. The second-order valence-electron chi connectivity index (χ2n) is 3.68. The van der Waals surface area contributed by atoms with Crippen LogP contribution in [0.25, 0.3) is 0 Å². The standard InChI is InChI=1S/C11H12N2O2/c1-7-3-4-8(2)9(5-7)13-10(14)6-12-11(13)15/h3-5H,6H2,1-2H3,(H,12,15). The van der Waals surface area contributed by atoms with Crippen LogP contribution in [0.4, 0.5) is 10.5 Å². The molecule has 3 amide bonds. The number of anilines is 1. The maximum absolute atomic E-state index is 11.5. The zero-order valence-corrected chi connectivity index (χ0v) is 8.70. The van der Waals surface area contributed by atoms with Crippen molar-refractivity contribution in [2.45, 2.75) is 13.8 Å². The van der Waals surface area contributed by atoms with E-state index in [1.54, 1.807) is 0 Å². The van der Waals surface area contributed by atoms with E-state index in [-0.39, 0.29) is 18.5 Å². The van der Waals surface area contributed by atoms with Crippen molar-refractivity contribution in [1.29, 1.82) is 0 Å². The van der Waals surface area contributed by atoms with Crippen LogP contribution in [0.1, 0.15) is 11.1 Å². The first-order chi connectivity index (χ1) is 7.09.